The lowest BCUT2D eigenvalue weighted by molar-refractivity contribution is 0.0903. The standard InChI is InChI=1S/C21H25BrN2O3S/c1-25-19-7-3-5-15(20(19)26-2)13-24(14-18-6-4-12-27-18)21(28)23-17-10-8-16(22)9-11-17/h3,5,7-11,18H,4,6,12-14H2,1-2H3,(H,23,28). The van der Waals surface area contributed by atoms with Crippen molar-refractivity contribution < 1.29 is 14.2 Å². The number of ether oxygens (including phenoxy) is 3. The fraction of sp³-hybridized carbons (Fsp3) is 0.381. The van der Waals surface area contributed by atoms with E-state index in [9.17, 15) is 0 Å². The van der Waals surface area contributed by atoms with Gasteiger partial charge in [-0.3, -0.25) is 0 Å². The Hall–Kier alpha value is -1.83. The van der Waals surface area contributed by atoms with Gasteiger partial charge < -0.3 is 24.4 Å². The predicted molar refractivity (Wildman–Crippen MR) is 119 cm³/mol. The summed E-state index contributed by atoms with van der Waals surface area (Å²) in [4.78, 5) is 2.13. The number of nitrogens with zero attached hydrogens (tertiary/aromatic N) is 1. The molecule has 1 atom stereocenters. The quantitative estimate of drug-likeness (QED) is 0.591. The van der Waals surface area contributed by atoms with Crippen LogP contribution >= 0.6 is 28.1 Å². The van der Waals surface area contributed by atoms with E-state index in [2.05, 4.69) is 26.1 Å². The molecule has 2 aromatic carbocycles. The lowest BCUT2D eigenvalue weighted by atomic mass is 10.1. The summed E-state index contributed by atoms with van der Waals surface area (Å²) in [7, 11) is 3.30. The van der Waals surface area contributed by atoms with Crippen LogP contribution in [0, 0.1) is 0 Å². The van der Waals surface area contributed by atoms with E-state index in [1.54, 1.807) is 14.2 Å². The van der Waals surface area contributed by atoms with E-state index in [0.717, 1.165) is 47.5 Å². The van der Waals surface area contributed by atoms with Gasteiger partial charge >= 0.3 is 0 Å². The number of anilines is 1. The Labute approximate surface area is 180 Å². The van der Waals surface area contributed by atoms with Gasteiger partial charge in [0.25, 0.3) is 0 Å². The van der Waals surface area contributed by atoms with E-state index in [4.69, 9.17) is 26.4 Å². The number of thiocarbonyl (C=S) groups is 1. The molecule has 0 saturated carbocycles. The van der Waals surface area contributed by atoms with Crippen LogP contribution in [0.4, 0.5) is 5.69 Å². The first-order chi connectivity index (χ1) is 13.6. The topological polar surface area (TPSA) is 43.0 Å². The van der Waals surface area contributed by atoms with Gasteiger partial charge in [-0.1, -0.05) is 28.1 Å². The molecule has 28 heavy (non-hydrogen) atoms. The third-order valence-corrected chi connectivity index (χ3v) is 5.57. The Kier molecular flexibility index (Phi) is 7.53. The molecule has 150 valence electrons. The second-order valence-electron chi connectivity index (χ2n) is 6.61. The highest BCUT2D eigenvalue weighted by atomic mass is 79.9. The van der Waals surface area contributed by atoms with Crippen molar-refractivity contribution in [2.24, 2.45) is 0 Å². The maximum atomic E-state index is 5.85. The molecule has 0 spiro atoms. The molecule has 1 saturated heterocycles. The van der Waals surface area contributed by atoms with Gasteiger partial charge in [0.1, 0.15) is 0 Å². The van der Waals surface area contributed by atoms with Crippen LogP contribution in [0.3, 0.4) is 0 Å². The van der Waals surface area contributed by atoms with Crippen molar-refractivity contribution >= 4 is 38.9 Å². The molecule has 1 unspecified atom stereocenters. The van der Waals surface area contributed by atoms with Crippen molar-refractivity contribution in [3.8, 4) is 11.5 Å². The summed E-state index contributed by atoms with van der Waals surface area (Å²) < 4.78 is 17.9. The predicted octanol–water partition coefficient (Wildman–Crippen LogP) is 4.84. The molecule has 1 fully saturated rings. The van der Waals surface area contributed by atoms with Crippen LogP contribution in [-0.2, 0) is 11.3 Å². The van der Waals surface area contributed by atoms with Gasteiger partial charge in [-0.2, -0.15) is 0 Å². The molecule has 0 bridgehead atoms. The van der Waals surface area contributed by atoms with E-state index >= 15 is 0 Å². The van der Waals surface area contributed by atoms with Crippen LogP contribution in [0.25, 0.3) is 0 Å². The lowest BCUT2D eigenvalue weighted by Gasteiger charge is -2.29. The minimum atomic E-state index is 0.182. The molecule has 3 rings (SSSR count). The largest absolute Gasteiger partial charge is 0.493 e. The fourth-order valence-electron chi connectivity index (χ4n) is 3.27. The van der Waals surface area contributed by atoms with E-state index in [0.29, 0.717) is 17.4 Å². The SMILES string of the molecule is COc1cccc(CN(CC2CCCO2)C(=S)Nc2ccc(Br)cc2)c1OC. The number of hydrogen-bond donors (Lipinski definition) is 1. The second kappa shape index (κ2) is 10.1. The minimum absolute atomic E-state index is 0.182. The normalized spacial score (nSPS) is 15.9. The van der Waals surface area contributed by atoms with Crippen molar-refractivity contribution in [2.45, 2.75) is 25.5 Å². The van der Waals surface area contributed by atoms with Crippen molar-refractivity contribution in [3.05, 3.63) is 52.5 Å². The van der Waals surface area contributed by atoms with Gasteiger partial charge in [-0.05, 0) is 55.4 Å². The molecule has 0 radical (unpaired) electrons. The molecule has 7 heteroatoms. The summed E-state index contributed by atoms with van der Waals surface area (Å²) in [6, 6.07) is 13.9. The third kappa shape index (κ3) is 5.37. The molecule has 0 amide bonds. The second-order valence-corrected chi connectivity index (χ2v) is 7.91. The van der Waals surface area contributed by atoms with Crippen molar-refractivity contribution in [1.29, 1.82) is 0 Å². The number of halogens is 1. The zero-order valence-corrected chi connectivity index (χ0v) is 18.5. The molecule has 1 heterocycles. The van der Waals surface area contributed by atoms with Gasteiger partial charge in [0.05, 0.1) is 20.3 Å². The Morgan fingerprint density at radius 1 is 1.21 bits per heavy atom. The van der Waals surface area contributed by atoms with Crippen LogP contribution < -0.4 is 14.8 Å². The van der Waals surface area contributed by atoms with E-state index in [1.807, 2.05) is 42.5 Å². The minimum Gasteiger partial charge on any atom is -0.493 e. The molecular weight excluding hydrogens is 440 g/mol. The fourth-order valence-corrected chi connectivity index (χ4v) is 3.79. The Morgan fingerprint density at radius 3 is 2.64 bits per heavy atom. The number of hydrogen-bond acceptors (Lipinski definition) is 4. The van der Waals surface area contributed by atoms with Gasteiger partial charge in [0.15, 0.2) is 16.6 Å². The highest BCUT2D eigenvalue weighted by Crippen LogP contribution is 2.32. The third-order valence-electron chi connectivity index (χ3n) is 4.68. The molecule has 1 N–H and O–H groups in total. The van der Waals surface area contributed by atoms with Crippen LogP contribution in [0.1, 0.15) is 18.4 Å². The van der Waals surface area contributed by atoms with Crippen molar-refractivity contribution in [1.82, 2.24) is 4.90 Å². The molecule has 5 nitrogen and oxygen atoms in total. The lowest BCUT2D eigenvalue weighted by Crippen LogP contribution is -2.39. The average molecular weight is 465 g/mol. The first-order valence-electron chi connectivity index (χ1n) is 9.23. The summed E-state index contributed by atoms with van der Waals surface area (Å²) in [6.45, 7) is 2.14. The maximum absolute atomic E-state index is 5.85. The van der Waals surface area contributed by atoms with Crippen LogP contribution in [-0.4, -0.2) is 43.5 Å². The van der Waals surface area contributed by atoms with Crippen LogP contribution in [0.15, 0.2) is 46.9 Å². The summed E-state index contributed by atoms with van der Waals surface area (Å²) >= 11 is 9.20. The highest BCUT2D eigenvalue weighted by Gasteiger charge is 2.23. The van der Waals surface area contributed by atoms with Crippen molar-refractivity contribution in [3.63, 3.8) is 0 Å². The summed E-state index contributed by atoms with van der Waals surface area (Å²) in [5, 5.41) is 3.99. The van der Waals surface area contributed by atoms with E-state index in [1.165, 1.54) is 0 Å². The zero-order valence-electron chi connectivity index (χ0n) is 16.1. The molecule has 1 aliphatic heterocycles. The summed E-state index contributed by atoms with van der Waals surface area (Å²) in [6.07, 6.45) is 2.32. The Morgan fingerprint density at radius 2 is 2.00 bits per heavy atom. The summed E-state index contributed by atoms with van der Waals surface area (Å²) in [5.41, 5.74) is 1.96. The van der Waals surface area contributed by atoms with Gasteiger partial charge in [0, 0.05) is 35.4 Å². The molecular formula is C21H25BrN2O3S. The van der Waals surface area contributed by atoms with Gasteiger partial charge in [0.2, 0.25) is 0 Å². The summed E-state index contributed by atoms with van der Waals surface area (Å²) in [5.74, 6) is 1.44. The molecule has 2 aromatic rings. The van der Waals surface area contributed by atoms with Crippen molar-refractivity contribution in [2.75, 3.05) is 32.7 Å². The number of rotatable bonds is 7. The Balaban J connectivity index is 1.80. The first kappa shape index (κ1) is 20.9. The van der Waals surface area contributed by atoms with Gasteiger partial charge in [-0.25, -0.2) is 0 Å². The number of para-hydroxylation sites is 1. The van der Waals surface area contributed by atoms with E-state index in [-0.39, 0.29) is 6.10 Å². The molecule has 0 aliphatic carbocycles. The smallest absolute Gasteiger partial charge is 0.173 e. The Bertz CT molecular complexity index is 795. The van der Waals surface area contributed by atoms with Gasteiger partial charge in [-0.15, -0.1) is 0 Å². The molecule has 1 aliphatic rings. The molecule has 0 aromatic heterocycles. The first-order valence-corrected chi connectivity index (χ1v) is 10.4. The maximum Gasteiger partial charge on any atom is 0.173 e. The number of methoxy groups -OCH3 is 2. The van der Waals surface area contributed by atoms with E-state index < -0.39 is 0 Å². The number of nitrogens with one attached hydrogen (secondary N) is 1. The zero-order chi connectivity index (χ0) is 19.9. The van der Waals surface area contributed by atoms with Crippen LogP contribution in [0.2, 0.25) is 0 Å². The monoisotopic (exact) mass is 464 g/mol. The number of benzene rings is 2. The average Bonchev–Trinajstić information content (AvgIpc) is 3.22. The highest BCUT2D eigenvalue weighted by molar-refractivity contribution is 9.10. The van der Waals surface area contributed by atoms with Crippen LogP contribution in [0.5, 0.6) is 11.5 Å².